The van der Waals surface area contributed by atoms with Gasteiger partial charge in [-0.2, -0.15) is 0 Å². The van der Waals surface area contributed by atoms with E-state index < -0.39 is 5.54 Å². The number of ether oxygens (including phenoxy) is 1. The number of nitrogens with zero attached hydrogens (tertiary/aromatic N) is 3. The molecule has 1 aliphatic carbocycles. The van der Waals surface area contributed by atoms with Crippen molar-refractivity contribution < 1.29 is 24.3 Å². The SMILES string of the molecule is CN=C(NOC=O)C1(n2c(C=O)cc3cc(N4CCOC(C)(C)C4)ccc32)CC1.CO. The van der Waals surface area contributed by atoms with Crippen LogP contribution in [0.4, 0.5) is 5.69 Å². The molecular weight excluding hydrogens is 400 g/mol. The normalized spacial score (nSPS) is 19.3. The van der Waals surface area contributed by atoms with E-state index in [4.69, 9.17) is 14.7 Å². The second-order valence-corrected chi connectivity index (χ2v) is 8.22. The molecule has 1 aliphatic heterocycles. The third-order valence-electron chi connectivity index (χ3n) is 5.74. The molecule has 2 fully saturated rings. The average Bonchev–Trinajstić information content (AvgIpc) is 3.47. The number of rotatable bonds is 6. The van der Waals surface area contributed by atoms with Crippen LogP contribution in [0.25, 0.3) is 10.9 Å². The lowest BCUT2D eigenvalue weighted by Crippen LogP contribution is -2.48. The summed E-state index contributed by atoms with van der Waals surface area (Å²) in [5, 5.41) is 7.99. The molecule has 9 heteroatoms. The first-order valence-corrected chi connectivity index (χ1v) is 10.2. The number of hydroxylamine groups is 1. The van der Waals surface area contributed by atoms with E-state index in [1.165, 1.54) is 0 Å². The van der Waals surface area contributed by atoms with Gasteiger partial charge in [0.2, 0.25) is 0 Å². The molecule has 31 heavy (non-hydrogen) atoms. The molecule has 9 nitrogen and oxygen atoms in total. The van der Waals surface area contributed by atoms with Crippen LogP contribution < -0.4 is 10.4 Å². The second kappa shape index (κ2) is 9.07. The molecule has 1 aromatic heterocycles. The van der Waals surface area contributed by atoms with Crippen molar-refractivity contribution in [2.24, 2.45) is 4.99 Å². The van der Waals surface area contributed by atoms with Gasteiger partial charge < -0.3 is 24.1 Å². The summed E-state index contributed by atoms with van der Waals surface area (Å²) < 4.78 is 7.83. The molecule has 2 aromatic rings. The van der Waals surface area contributed by atoms with E-state index >= 15 is 0 Å². The molecule has 0 amide bonds. The smallest absolute Gasteiger partial charge is 0.320 e. The Morgan fingerprint density at radius 2 is 2.00 bits per heavy atom. The van der Waals surface area contributed by atoms with Crippen LogP contribution in [0.3, 0.4) is 0 Å². The van der Waals surface area contributed by atoms with Crippen molar-refractivity contribution in [1.29, 1.82) is 0 Å². The van der Waals surface area contributed by atoms with Gasteiger partial charge in [-0.3, -0.25) is 14.6 Å². The number of benzene rings is 1. The summed E-state index contributed by atoms with van der Waals surface area (Å²) in [6, 6.07) is 8.16. The standard InChI is InChI=1S/C21H26N4O4.CH4O/c1-20(2)13-24(8-9-28-20)16-4-5-18-15(10-16)11-17(12-26)25(18)21(6-7-21)19(22-3)23-29-14-27;1-2/h4-5,10-12,14H,6-9,13H2,1-3H3,(H,22,23);2H,1H3. The molecule has 2 N–H and O–H groups in total. The van der Waals surface area contributed by atoms with Gasteiger partial charge in [-0.05, 0) is 51.0 Å². The van der Waals surface area contributed by atoms with E-state index in [2.05, 4.69) is 41.4 Å². The number of morpholine rings is 1. The first kappa shape index (κ1) is 22.8. The minimum absolute atomic E-state index is 0.193. The lowest BCUT2D eigenvalue weighted by Gasteiger charge is -2.39. The Balaban J connectivity index is 0.00000132. The van der Waals surface area contributed by atoms with Crippen molar-refractivity contribution in [1.82, 2.24) is 10.0 Å². The zero-order chi connectivity index (χ0) is 22.6. The monoisotopic (exact) mass is 430 g/mol. The minimum Gasteiger partial charge on any atom is -0.400 e. The van der Waals surface area contributed by atoms with Gasteiger partial charge in [0.15, 0.2) is 12.1 Å². The largest absolute Gasteiger partial charge is 0.400 e. The summed E-state index contributed by atoms with van der Waals surface area (Å²) in [6.07, 6.45) is 2.48. The number of amidine groups is 1. The third kappa shape index (κ3) is 4.28. The highest BCUT2D eigenvalue weighted by molar-refractivity contribution is 5.98. The fraction of sp³-hybridized carbons (Fsp3) is 0.500. The Bertz CT molecular complexity index is 978. The van der Waals surface area contributed by atoms with Gasteiger partial charge in [0.1, 0.15) is 5.54 Å². The maximum atomic E-state index is 11.9. The van der Waals surface area contributed by atoms with Crippen molar-refractivity contribution in [3.8, 4) is 0 Å². The maximum Gasteiger partial charge on any atom is 0.320 e. The highest BCUT2D eigenvalue weighted by Crippen LogP contribution is 2.47. The quantitative estimate of drug-likeness (QED) is 0.312. The van der Waals surface area contributed by atoms with Gasteiger partial charge in [-0.1, -0.05) is 0 Å². The lowest BCUT2D eigenvalue weighted by molar-refractivity contribution is -0.132. The second-order valence-electron chi connectivity index (χ2n) is 8.22. The van der Waals surface area contributed by atoms with Gasteiger partial charge >= 0.3 is 6.47 Å². The van der Waals surface area contributed by atoms with Gasteiger partial charge in [0, 0.05) is 43.8 Å². The van der Waals surface area contributed by atoms with Crippen molar-refractivity contribution in [2.75, 3.05) is 38.8 Å². The predicted octanol–water partition coefficient (Wildman–Crippen LogP) is 1.87. The number of aldehydes is 1. The number of carbonyl (C=O) groups excluding carboxylic acids is 2. The van der Waals surface area contributed by atoms with Gasteiger partial charge in [-0.15, -0.1) is 0 Å². The van der Waals surface area contributed by atoms with Crippen LogP contribution in [0, 0.1) is 0 Å². The van der Waals surface area contributed by atoms with Crippen LogP contribution in [-0.2, 0) is 19.9 Å². The Morgan fingerprint density at radius 1 is 1.26 bits per heavy atom. The van der Waals surface area contributed by atoms with E-state index in [-0.39, 0.29) is 5.60 Å². The number of aromatic nitrogens is 1. The van der Waals surface area contributed by atoms with Crippen molar-refractivity contribution in [2.45, 2.75) is 37.8 Å². The summed E-state index contributed by atoms with van der Waals surface area (Å²) in [6.45, 7) is 6.84. The summed E-state index contributed by atoms with van der Waals surface area (Å²) in [5.41, 5.74) is 4.57. The number of carbonyl (C=O) groups is 2. The summed E-state index contributed by atoms with van der Waals surface area (Å²) >= 11 is 0. The highest BCUT2D eigenvalue weighted by atomic mass is 16.7. The van der Waals surface area contributed by atoms with E-state index in [9.17, 15) is 9.59 Å². The van der Waals surface area contributed by atoms with Crippen LogP contribution in [0.1, 0.15) is 37.2 Å². The number of anilines is 1. The number of aliphatic imine (C=N–C) groups is 1. The molecule has 2 aliphatic rings. The van der Waals surface area contributed by atoms with E-state index in [0.29, 0.717) is 24.6 Å². The molecule has 1 aromatic carbocycles. The third-order valence-corrected chi connectivity index (χ3v) is 5.74. The van der Waals surface area contributed by atoms with Crippen molar-refractivity contribution in [3.63, 3.8) is 0 Å². The number of fused-ring (bicyclic) bond motifs is 1. The molecule has 2 heterocycles. The fourth-order valence-electron chi connectivity index (χ4n) is 4.34. The number of aliphatic hydroxyl groups is 1. The Hall–Kier alpha value is -2.91. The highest BCUT2D eigenvalue weighted by Gasteiger charge is 2.51. The number of hydrogen-bond acceptors (Lipinski definition) is 7. The van der Waals surface area contributed by atoms with Gasteiger partial charge in [-0.25, -0.2) is 5.48 Å². The molecule has 0 spiro atoms. The molecule has 0 unspecified atom stereocenters. The molecule has 0 bridgehead atoms. The van der Waals surface area contributed by atoms with E-state index in [1.807, 2.05) is 16.7 Å². The van der Waals surface area contributed by atoms with Crippen molar-refractivity contribution >= 4 is 35.2 Å². The molecule has 0 radical (unpaired) electrons. The Kier molecular flexibility index (Phi) is 6.66. The Morgan fingerprint density at radius 3 is 2.58 bits per heavy atom. The number of hydrogen-bond donors (Lipinski definition) is 2. The molecular formula is C22H30N4O5. The van der Waals surface area contributed by atoms with Gasteiger partial charge in [0.25, 0.3) is 0 Å². The Labute approximate surface area is 181 Å². The van der Waals surface area contributed by atoms with Crippen LogP contribution in [-0.4, -0.2) is 67.7 Å². The summed E-state index contributed by atoms with van der Waals surface area (Å²) in [4.78, 5) is 33.8. The lowest BCUT2D eigenvalue weighted by atomic mass is 10.1. The number of aliphatic hydroxyl groups excluding tert-OH is 1. The fourth-order valence-corrected chi connectivity index (χ4v) is 4.34. The topological polar surface area (TPSA) is 105 Å². The average molecular weight is 431 g/mol. The first-order valence-electron chi connectivity index (χ1n) is 10.2. The van der Waals surface area contributed by atoms with Crippen LogP contribution in [0.15, 0.2) is 29.3 Å². The van der Waals surface area contributed by atoms with Crippen LogP contribution >= 0.6 is 0 Å². The first-order chi connectivity index (χ1) is 14.9. The maximum absolute atomic E-state index is 11.9. The van der Waals surface area contributed by atoms with E-state index in [0.717, 1.165) is 55.9 Å². The zero-order valence-electron chi connectivity index (χ0n) is 18.4. The molecule has 0 atom stereocenters. The molecule has 1 saturated carbocycles. The summed E-state index contributed by atoms with van der Waals surface area (Å²) in [7, 11) is 2.64. The molecule has 4 rings (SSSR count). The van der Waals surface area contributed by atoms with Crippen molar-refractivity contribution in [3.05, 3.63) is 30.0 Å². The minimum atomic E-state index is -0.502. The van der Waals surface area contributed by atoms with E-state index in [1.54, 1.807) is 7.05 Å². The number of nitrogens with one attached hydrogen (secondary N) is 1. The van der Waals surface area contributed by atoms with Crippen LogP contribution in [0.2, 0.25) is 0 Å². The molecule has 1 saturated heterocycles. The van der Waals surface area contributed by atoms with Gasteiger partial charge in [0.05, 0.1) is 17.9 Å². The van der Waals surface area contributed by atoms with Crippen LogP contribution in [0.5, 0.6) is 0 Å². The predicted molar refractivity (Wildman–Crippen MR) is 119 cm³/mol. The summed E-state index contributed by atoms with van der Waals surface area (Å²) in [5.74, 6) is 0.532. The molecule has 168 valence electrons. The zero-order valence-corrected chi connectivity index (χ0v) is 18.4.